The normalized spacial score (nSPS) is 40.6. The van der Waals surface area contributed by atoms with Gasteiger partial charge in [0, 0.05) is 13.1 Å². The molecule has 2 aliphatic rings. The summed E-state index contributed by atoms with van der Waals surface area (Å²) in [5.41, 5.74) is -0.550. The molecule has 5 heteroatoms. The monoisotopic (exact) mass is 199 g/mol. The number of hydrogen-bond donors (Lipinski definition) is 1. The fraction of sp³-hybridized carbons (Fsp3) is 0.778. The summed E-state index contributed by atoms with van der Waals surface area (Å²) in [7, 11) is 0. The van der Waals surface area contributed by atoms with Crippen LogP contribution in [0.25, 0.3) is 0 Å². The zero-order valence-corrected chi connectivity index (χ0v) is 7.99. The van der Waals surface area contributed by atoms with Gasteiger partial charge in [-0.2, -0.15) is 0 Å². The highest BCUT2D eigenvalue weighted by molar-refractivity contribution is 5.69. The minimum Gasteiger partial charge on any atom is -0.459 e. The van der Waals surface area contributed by atoms with E-state index in [4.69, 9.17) is 19.6 Å². The SMILES string of the molecule is CC(=O)O[C@H]1CO[C@H]2OCC[C@]21C=N. The molecule has 14 heavy (non-hydrogen) atoms. The second-order valence-corrected chi connectivity index (χ2v) is 3.64. The molecule has 0 spiro atoms. The van der Waals surface area contributed by atoms with E-state index >= 15 is 0 Å². The number of esters is 1. The lowest BCUT2D eigenvalue weighted by Gasteiger charge is -2.26. The lowest BCUT2D eigenvalue weighted by Crippen LogP contribution is -2.40. The predicted molar refractivity (Wildman–Crippen MR) is 47.1 cm³/mol. The molecule has 0 aromatic carbocycles. The molecule has 2 aliphatic heterocycles. The molecule has 0 aromatic heterocycles. The molecular formula is C9H13NO4. The Morgan fingerprint density at radius 3 is 3.07 bits per heavy atom. The maximum Gasteiger partial charge on any atom is 0.303 e. The van der Waals surface area contributed by atoms with Crippen LogP contribution in [0.5, 0.6) is 0 Å². The molecule has 2 heterocycles. The van der Waals surface area contributed by atoms with Crippen LogP contribution in [0, 0.1) is 10.8 Å². The number of ether oxygens (including phenoxy) is 3. The summed E-state index contributed by atoms with van der Waals surface area (Å²) < 4.78 is 15.8. The van der Waals surface area contributed by atoms with Crippen LogP contribution in [0.1, 0.15) is 13.3 Å². The second kappa shape index (κ2) is 3.33. The molecule has 2 saturated heterocycles. The molecular weight excluding hydrogens is 186 g/mol. The van der Waals surface area contributed by atoms with E-state index in [2.05, 4.69) is 0 Å². The van der Waals surface area contributed by atoms with Gasteiger partial charge in [-0.15, -0.1) is 0 Å². The standard InChI is InChI=1S/C9H13NO4/c1-6(11)14-7-4-13-8-9(7,5-10)2-3-12-8/h5,7-8,10H,2-4H2,1H3/t7-,8+,9+/m0/s1. The van der Waals surface area contributed by atoms with Crippen LogP contribution in [-0.4, -0.2) is 37.8 Å². The van der Waals surface area contributed by atoms with Crippen molar-refractivity contribution in [3.05, 3.63) is 0 Å². The molecule has 2 fully saturated rings. The first-order valence-corrected chi connectivity index (χ1v) is 4.61. The third-order valence-electron chi connectivity index (χ3n) is 2.82. The van der Waals surface area contributed by atoms with Gasteiger partial charge in [-0.25, -0.2) is 0 Å². The smallest absolute Gasteiger partial charge is 0.303 e. The van der Waals surface area contributed by atoms with Crippen molar-refractivity contribution in [1.82, 2.24) is 0 Å². The fourth-order valence-electron chi connectivity index (χ4n) is 2.04. The number of carbonyl (C=O) groups is 1. The number of hydrogen-bond acceptors (Lipinski definition) is 5. The largest absolute Gasteiger partial charge is 0.459 e. The molecule has 1 N–H and O–H groups in total. The van der Waals surface area contributed by atoms with Crippen LogP contribution in [-0.2, 0) is 19.0 Å². The van der Waals surface area contributed by atoms with E-state index in [0.29, 0.717) is 19.6 Å². The third-order valence-corrected chi connectivity index (χ3v) is 2.82. The molecule has 2 rings (SSSR count). The van der Waals surface area contributed by atoms with Gasteiger partial charge in [-0.1, -0.05) is 0 Å². The fourth-order valence-corrected chi connectivity index (χ4v) is 2.04. The van der Waals surface area contributed by atoms with Gasteiger partial charge < -0.3 is 19.6 Å². The Kier molecular flexibility index (Phi) is 2.28. The number of fused-ring (bicyclic) bond motifs is 1. The molecule has 0 unspecified atom stereocenters. The molecule has 0 aliphatic carbocycles. The van der Waals surface area contributed by atoms with Gasteiger partial charge in [0.15, 0.2) is 6.29 Å². The summed E-state index contributed by atoms with van der Waals surface area (Å²) in [6, 6.07) is 0. The number of rotatable bonds is 2. The summed E-state index contributed by atoms with van der Waals surface area (Å²) in [4.78, 5) is 10.9. The minimum atomic E-state index is -0.550. The van der Waals surface area contributed by atoms with Crippen LogP contribution < -0.4 is 0 Å². The summed E-state index contributed by atoms with van der Waals surface area (Å²) in [5.74, 6) is -0.340. The lowest BCUT2D eigenvalue weighted by atomic mass is 9.83. The van der Waals surface area contributed by atoms with Crippen molar-refractivity contribution in [1.29, 1.82) is 5.41 Å². The van der Waals surface area contributed by atoms with Crippen LogP contribution >= 0.6 is 0 Å². The number of nitrogens with one attached hydrogen (secondary N) is 1. The van der Waals surface area contributed by atoms with E-state index in [1.54, 1.807) is 0 Å². The van der Waals surface area contributed by atoms with Crippen molar-refractivity contribution < 1.29 is 19.0 Å². The van der Waals surface area contributed by atoms with Gasteiger partial charge in [0.25, 0.3) is 0 Å². The van der Waals surface area contributed by atoms with E-state index in [-0.39, 0.29) is 12.1 Å². The van der Waals surface area contributed by atoms with E-state index in [9.17, 15) is 4.79 Å². The van der Waals surface area contributed by atoms with Crippen LogP contribution in [0.3, 0.4) is 0 Å². The highest BCUT2D eigenvalue weighted by Crippen LogP contribution is 2.43. The van der Waals surface area contributed by atoms with Gasteiger partial charge in [-0.05, 0) is 6.42 Å². The Labute approximate surface area is 81.8 Å². The predicted octanol–water partition coefficient (Wildman–Crippen LogP) is 0.331. The van der Waals surface area contributed by atoms with Crippen molar-refractivity contribution in [2.24, 2.45) is 5.41 Å². The van der Waals surface area contributed by atoms with Gasteiger partial charge in [0.05, 0.1) is 18.6 Å². The Balaban J connectivity index is 2.18. The molecule has 0 amide bonds. The zero-order chi connectivity index (χ0) is 10.2. The van der Waals surface area contributed by atoms with Crippen LogP contribution in [0.15, 0.2) is 0 Å². The summed E-state index contributed by atoms with van der Waals surface area (Å²) in [6.07, 6.45) is 1.19. The van der Waals surface area contributed by atoms with Crippen molar-refractivity contribution in [2.75, 3.05) is 13.2 Å². The maximum atomic E-state index is 10.9. The highest BCUT2D eigenvalue weighted by atomic mass is 16.7. The molecule has 3 atom stereocenters. The van der Waals surface area contributed by atoms with Crippen LogP contribution in [0.4, 0.5) is 0 Å². The van der Waals surface area contributed by atoms with E-state index in [0.717, 1.165) is 0 Å². The van der Waals surface area contributed by atoms with Gasteiger partial charge in [-0.3, -0.25) is 4.79 Å². The summed E-state index contributed by atoms with van der Waals surface area (Å²) in [6.45, 7) is 2.23. The molecule has 5 nitrogen and oxygen atoms in total. The number of carbonyl (C=O) groups excluding carboxylic acids is 1. The van der Waals surface area contributed by atoms with Crippen molar-refractivity contribution in [3.63, 3.8) is 0 Å². The Morgan fingerprint density at radius 1 is 1.64 bits per heavy atom. The average Bonchev–Trinajstić information content (AvgIpc) is 2.65. The van der Waals surface area contributed by atoms with Crippen molar-refractivity contribution >= 4 is 12.2 Å². The Morgan fingerprint density at radius 2 is 2.43 bits per heavy atom. The van der Waals surface area contributed by atoms with Crippen molar-refractivity contribution in [2.45, 2.75) is 25.7 Å². The first-order valence-electron chi connectivity index (χ1n) is 4.61. The van der Waals surface area contributed by atoms with Crippen LogP contribution in [0.2, 0.25) is 0 Å². The Bertz CT molecular complexity index is 268. The quantitative estimate of drug-likeness (QED) is 0.514. The minimum absolute atomic E-state index is 0.319. The summed E-state index contributed by atoms with van der Waals surface area (Å²) in [5, 5.41) is 7.42. The second-order valence-electron chi connectivity index (χ2n) is 3.64. The first kappa shape index (κ1) is 9.61. The third kappa shape index (κ3) is 1.24. The van der Waals surface area contributed by atoms with E-state index in [1.165, 1.54) is 13.1 Å². The maximum absolute atomic E-state index is 10.9. The van der Waals surface area contributed by atoms with Crippen molar-refractivity contribution in [3.8, 4) is 0 Å². The van der Waals surface area contributed by atoms with E-state index in [1.807, 2.05) is 0 Å². The molecule has 78 valence electrons. The lowest BCUT2D eigenvalue weighted by molar-refractivity contribution is -0.149. The van der Waals surface area contributed by atoms with Gasteiger partial charge in [0.2, 0.25) is 0 Å². The molecule has 0 bridgehead atoms. The first-order chi connectivity index (χ1) is 6.69. The zero-order valence-electron chi connectivity index (χ0n) is 7.99. The van der Waals surface area contributed by atoms with E-state index < -0.39 is 11.7 Å². The molecule has 0 saturated carbocycles. The average molecular weight is 199 g/mol. The highest BCUT2D eigenvalue weighted by Gasteiger charge is 2.56. The topological polar surface area (TPSA) is 68.6 Å². The summed E-state index contributed by atoms with van der Waals surface area (Å²) >= 11 is 0. The Hall–Kier alpha value is -0.940. The van der Waals surface area contributed by atoms with Gasteiger partial charge >= 0.3 is 5.97 Å². The molecule has 0 radical (unpaired) electrons. The molecule has 0 aromatic rings. The van der Waals surface area contributed by atoms with Gasteiger partial charge in [0.1, 0.15) is 6.10 Å².